The predicted octanol–water partition coefficient (Wildman–Crippen LogP) is 15.6. The molecular weight excluding hydrogens is 1650 g/mol. The maximum Gasteiger partial charge on any atom is 0.508 e. The van der Waals surface area contributed by atoms with E-state index in [9.17, 15) is 67.1 Å². The number of nitrogens with zero attached hydrogens (tertiary/aromatic N) is 6. The number of amides is 14. The Bertz CT molecular complexity index is 3440. The lowest BCUT2D eigenvalue weighted by molar-refractivity contribution is -0.140. The van der Waals surface area contributed by atoms with Crippen molar-refractivity contribution in [2.24, 2.45) is 0 Å². The Labute approximate surface area is 755 Å². The Kier molecular flexibility index (Phi) is 57.7. The van der Waals surface area contributed by atoms with Crippen LogP contribution < -0.4 is 31.9 Å². The van der Waals surface area contributed by atoms with Crippen LogP contribution in [0.15, 0.2) is 48.6 Å². The lowest BCUT2D eigenvalue weighted by atomic mass is 9.95. The molecule has 0 bridgehead atoms. The van der Waals surface area contributed by atoms with E-state index in [1.165, 1.54) is 0 Å². The fourth-order valence-corrected chi connectivity index (χ4v) is 12.8. The first kappa shape index (κ1) is 115. The average molecular weight is 1800 g/mol. The molecule has 1 fully saturated rings. The van der Waals surface area contributed by atoms with Gasteiger partial charge in [-0.3, -0.25) is 0 Å². The fourth-order valence-electron chi connectivity index (χ4n) is 12.8. The Hall–Kier alpha value is -10.1. The van der Waals surface area contributed by atoms with E-state index in [1.807, 2.05) is 83.1 Å². The summed E-state index contributed by atoms with van der Waals surface area (Å²) < 4.78 is 53.9. The van der Waals surface area contributed by atoms with E-state index in [0.717, 1.165) is 35.5 Å². The molecule has 2 unspecified atom stereocenters. The minimum Gasteiger partial charge on any atom is -0.460 e. The number of esters is 4. The zero-order chi connectivity index (χ0) is 95.6. The molecule has 127 heavy (non-hydrogen) atoms. The minimum absolute atomic E-state index is 0.00754. The number of rotatable bonds is 59. The molecule has 0 aliphatic heterocycles. The number of hydrogen-bond acceptors (Lipinski definition) is 24. The standard InChI is InChI=1S/C91H158N12O24/c1-68(2)74(104)118-63-55-100(88(9,10)11)80(110)94-49-34-23-21-32-47-92-78(108)98(53-38-27-25-36-51-96-82(112)102(90(15,16)17)57-65-120-76(106)70(5)6)84(114)122-59-40-29-30-41-61-124-86(116)126-72-45-44-46-73(67-72)127-87(117)125-62-43-31-42-60-123-85(115)99(54-39-28-26-37-52-97-83(113)103(91(18,19)20)58-66-121-77(107)71(7)8)79(109)93-48-33-22-24-35-50-95-81(111)101(89(12,13)14)56-64-119-75(105)69(3)4/h72-73H,1,3,5,7,21-67H2,2,4,6,8-20H3,(H,92,108)(H,93,109)(H,94,110)(H,95,111)(H,96,112)(H,97,113). The number of carbonyl (C=O) groups is 14. The third-order valence-corrected chi connectivity index (χ3v) is 20.0. The molecule has 36 nitrogen and oxygen atoms in total. The summed E-state index contributed by atoms with van der Waals surface area (Å²) >= 11 is 0. The second kappa shape index (κ2) is 63.8. The summed E-state index contributed by atoms with van der Waals surface area (Å²) in [5.74, 6) is -2.11. The van der Waals surface area contributed by atoms with Crippen LogP contribution in [0, 0.1) is 0 Å². The van der Waals surface area contributed by atoms with Gasteiger partial charge >= 0.3 is 84.6 Å². The van der Waals surface area contributed by atoms with Crippen molar-refractivity contribution in [1.82, 2.24) is 61.3 Å². The van der Waals surface area contributed by atoms with Gasteiger partial charge in [-0.25, -0.2) is 76.9 Å². The van der Waals surface area contributed by atoms with Crippen LogP contribution in [0.3, 0.4) is 0 Å². The van der Waals surface area contributed by atoms with Gasteiger partial charge in [-0.05, 0) is 226 Å². The van der Waals surface area contributed by atoms with Crippen molar-refractivity contribution in [3.8, 4) is 0 Å². The summed E-state index contributed by atoms with van der Waals surface area (Å²) in [5, 5.41) is 17.4. The third-order valence-electron chi connectivity index (χ3n) is 20.0. The molecule has 0 radical (unpaired) electrons. The van der Waals surface area contributed by atoms with Gasteiger partial charge in [0.05, 0.1) is 52.6 Å². The van der Waals surface area contributed by atoms with Gasteiger partial charge in [-0.2, -0.15) is 0 Å². The first-order valence-corrected chi connectivity index (χ1v) is 45.4. The Morgan fingerprint density at radius 1 is 0.268 bits per heavy atom. The summed E-state index contributed by atoms with van der Waals surface area (Å²) in [6, 6.07) is -2.37. The van der Waals surface area contributed by atoms with Gasteiger partial charge in [0.25, 0.3) is 0 Å². The van der Waals surface area contributed by atoms with Crippen molar-refractivity contribution in [2.75, 3.05) is 131 Å². The first-order chi connectivity index (χ1) is 59.8. The highest BCUT2D eigenvalue weighted by Crippen LogP contribution is 2.26. The Balaban J connectivity index is 2.72. The highest BCUT2D eigenvalue weighted by Gasteiger charge is 2.33. The average Bonchev–Trinajstić information content (AvgIpc) is 0.871. The lowest BCUT2D eigenvalue weighted by Gasteiger charge is -2.35. The van der Waals surface area contributed by atoms with Gasteiger partial charge in [0.2, 0.25) is 0 Å². The van der Waals surface area contributed by atoms with Crippen LogP contribution in [-0.4, -0.2) is 280 Å². The second-order valence-electron chi connectivity index (χ2n) is 35.9. The number of ether oxygens (including phenoxy) is 10. The molecular formula is C91H158N12O24. The summed E-state index contributed by atoms with van der Waals surface area (Å²) in [6.45, 7) is 46.5. The highest BCUT2D eigenvalue weighted by atomic mass is 16.7. The minimum atomic E-state index is -0.870. The monoisotopic (exact) mass is 1800 g/mol. The van der Waals surface area contributed by atoms with Crippen LogP contribution in [0.5, 0.6) is 0 Å². The van der Waals surface area contributed by atoms with Crippen LogP contribution in [0.1, 0.15) is 284 Å². The van der Waals surface area contributed by atoms with Crippen molar-refractivity contribution in [2.45, 2.75) is 319 Å². The molecule has 14 amide bonds. The van der Waals surface area contributed by atoms with Crippen molar-refractivity contribution < 1.29 is 114 Å². The van der Waals surface area contributed by atoms with Crippen LogP contribution in [0.4, 0.5) is 47.9 Å². The van der Waals surface area contributed by atoms with E-state index in [-0.39, 0.29) is 152 Å². The molecule has 0 saturated heterocycles. The number of carbonyl (C=O) groups excluding carboxylic acids is 14. The van der Waals surface area contributed by atoms with Crippen LogP contribution >= 0.6 is 0 Å². The molecule has 1 rings (SSSR count). The molecule has 0 spiro atoms. The maximum absolute atomic E-state index is 13.6. The molecule has 0 heterocycles. The molecule has 6 N–H and O–H groups in total. The quantitative estimate of drug-likeness (QED) is 0.0142. The Morgan fingerprint density at radius 3 is 0.717 bits per heavy atom. The zero-order valence-corrected chi connectivity index (χ0v) is 79.7. The maximum atomic E-state index is 13.6. The molecule has 0 aromatic heterocycles. The normalized spacial score (nSPS) is 13.1. The van der Waals surface area contributed by atoms with Gasteiger partial charge < -0.3 is 98.9 Å². The van der Waals surface area contributed by atoms with Crippen LogP contribution in [-0.2, 0) is 66.5 Å². The van der Waals surface area contributed by atoms with Crippen molar-refractivity contribution >= 4 is 84.6 Å². The number of imide groups is 2. The third kappa shape index (κ3) is 54.0. The molecule has 2 atom stereocenters. The molecule has 1 aliphatic carbocycles. The SMILES string of the molecule is C=C(C)C(=O)OCCN(C(=O)NCCCCCCNC(=O)N(CCCCCCNC(=O)N(CCOC(=O)C(=C)C)C(C)(C)C)C(=O)OCCCCCCOC(=O)OC1CCCC(OC(=O)OCCCCCOC(=O)N(CCCCCCNC(=O)N(CCOC(=O)C(=C)C)C(C)(C)C)C(=O)NCCCCCCNC(=O)N(CCOC(=O)C(=C)C)C(C)(C)C)C1)C(C)(C)C. The zero-order valence-electron chi connectivity index (χ0n) is 79.7. The van der Waals surface area contributed by atoms with E-state index in [1.54, 1.807) is 47.3 Å². The molecule has 0 aromatic carbocycles. The number of urea groups is 6. The number of unbranched alkanes of at least 4 members (excludes halogenated alkanes) is 17. The van der Waals surface area contributed by atoms with E-state index >= 15 is 0 Å². The van der Waals surface area contributed by atoms with Gasteiger partial charge in [-0.1, -0.05) is 77.7 Å². The van der Waals surface area contributed by atoms with Crippen molar-refractivity contribution in [3.63, 3.8) is 0 Å². The van der Waals surface area contributed by atoms with E-state index in [2.05, 4.69) is 58.2 Å². The lowest BCUT2D eigenvalue weighted by Crippen LogP contribution is -2.52. The van der Waals surface area contributed by atoms with Gasteiger partial charge in [0, 0.05) is 103 Å². The van der Waals surface area contributed by atoms with Crippen LogP contribution in [0.2, 0.25) is 0 Å². The summed E-state index contributed by atoms with van der Waals surface area (Å²) in [6.07, 6.45) is 11.5. The predicted molar refractivity (Wildman–Crippen MR) is 483 cm³/mol. The first-order valence-electron chi connectivity index (χ1n) is 45.4. The van der Waals surface area contributed by atoms with Gasteiger partial charge in [-0.15, -0.1) is 0 Å². The fraction of sp³-hybridized carbons (Fsp3) is 0.758. The van der Waals surface area contributed by atoms with E-state index in [0.29, 0.717) is 174 Å². The topological polar surface area (TPSA) is 423 Å². The molecule has 726 valence electrons. The van der Waals surface area contributed by atoms with Crippen LogP contribution in [0.25, 0.3) is 0 Å². The van der Waals surface area contributed by atoms with Gasteiger partial charge in [0.15, 0.2) is 0 Å². The van der Waals surface area contributed by atoms with Crippen molar-refractivity contribution in [1.29, 1.82) is 0 Å². The summed E-state index contributed by atoms with van der Waals surface area (Å²) in [7, 11) is 0. The number of hydrogen-bond donors (Lipinski definition) is 6. The molecule has 0 aromatic rings. The largest absolute Gasteiger partial charge is 0.508 e. The van der Waals surface area contributed by atoms with E-state index in [4.69, 9.17) is 47.4 Å². The van der Waals surface area contributed by atoms with Crippen molar-refractivity contribution in [3.05, 3.63) is 48.6 Å². The molecule has 1 aliphatic rings. The number of nitrogens with one attached hydrogen (secondary N) is 6. The van der Waals surface area contributed by atoms with E-state index < -0.39 is 94.8 Å². The van der Waals surface area contributed by atoms with Gasteiger partial charge in [0.1, 0.15) is 38.6 Å². The second-order valence-corrected chi connectivity index (χ2v) is 35.9. The molecule has 1 saturated carbocycles. The highest BCUT2D eigenvalue weighted by molar-refractivity contribution is 5.92. The summed E-state index contributed by atoms with van der Waals surface area (Å²) in [4.78, 5) is 188. The molecule has 36 heteroatoms. The summed E-state index contributed by atoms with van der Waals surface area (Å²) in [5.41, 5.74) is -1.09. The Morgan fingerprint density at radius 2 is 0.480 bits per heavy atom. The smallest absolute Gasteiger partial charge is 0.460 e.